The van der Waals surface area contributed by atoms with Crippen LogP contribution in [0.25, 0.3) is 0 Å². The molecule has 29 heavy (non-hydrogen) atoms. The SMILES string of the molecule is C=C(C)CN1C(=O)C(C)SC1=NN=C1SC(OP(=O)(N(C)C)N(C)C)C(=O)N1C. The number of hydrogen-bond donors (Lipinski definition) is 0. The van der Waals surface area contributed by atoms with Gasteiger partial charge in [-0.1, -0.05) is 23.9 Å². The van der Waals surface area contributed by atoms with E-state index in [-0.39, 0.29) is 17.1 Å². The zero-order valence-corrected chi connectivity index (χ0v) is 20.2. The summed E-state index contributed by atoms with van der Waals surface area (Å²) in [5.74, 6) is -0.431. The average Bonchev–Trinajstić information content (AvgIpc) is 3.04. The lowest BCUT2D eigenvalue weighted by Crippen LogP contribution is -2.33. The molecule has 0 aliphatic carbocycles. The first kappa shape index (κ1) is 24.1. The van der Waals surface area contributed by atoms with Crippen LogP contribution < -0.4 is 0 Å². The van der Waals surface area contributed by atoms with Crippen molar-refractivity contribution in [2.24, 2.45) is 10.2 Å². The summed E-state index contributed by atoms with van der Waals surface area (Å²) in [7, 11) is 4.71. The minimum Gasteiger partial charge on any atom is -0.290 e. The second-order valence-electron chi connectivity index (χ2n) is 7.04. The van der Waals surface area contributed by atoms with Crippen LogP contribution in [0, 0.1) is 0 Å². The topological polar surface area (TPSA) is 98.1 Å². The van der Waals surface area contributed by atoms with Crippen LogP contribution in [0.2, 0.25) is 0 Å². The summed E-state index contributed by atoms with van der Waals surface area (Å²) in [6.45, 7) is 7.84. The molecule has 0 N–H and O–H groups in total. The monoisotopic (exact) mass is 462 g/mol. The van der Waals surface area contributed by atoms with E-state index in [9.17, 15) is 14.2 Å². The molecule has 0 spiro atoms. The van der Waals surface area contributed by atoms with E-state index < -0.39 is 13.1 Å². The van der Waals surface area contributed by atoms with Crippen molar-refractivity contribution in [2.75, 3.05) is 41.8 Å². The van der Waals surface area contributed by atoms with Gasteiger partial charge in [0.05, 0.1) is 5.25 Å². The first-order valence-corrected chi connectivity index (χ1v) is 12.0. The number of amidine groups is 2. The number of carbonyl (C=O) groups excluding carboxylic acids is 2. The van der Waals surface area contributed by atoms with Crippen molar-refractivity contribution in [3.63, 3.8) is 0 Å². The van der Waals surface area contributed by atoms with Crippen molar-refractivity contribution in [1.82, 2.24) is 19.1 Å². The smallest absolute Gasteiger partial charge is 0.290 e. The lowest BCUT2D eigenvalue weighted by atomic mass is 10.3. The molecule has 0 radical (unpaired) electrons. The summed E-state index contributed by atoms with van der Waals surface area (Å²) in [6, 6.07) is 0. The van der Waals surface area contributed by atoms with Gasteiger partial charge in [0.25, 0.3) is 5.91 Å². The third-order valence-corrected chi connectivity index (χ3v) is 8.85. The van der Waals surface area contributed by atoms with Gasteiger partial charge in [0.15, 0.2) is 15.8 Å². The number of carbonyl (C=O) groups is 2. The van der Waals surface area contributed by atoms with Gasteiger partial charge in [-0.3, -0.25) is 28.5 Å². The molecule has 0 bridgehead atoms. The van der Waals surface area contributed by atoms with Crippen molar-refractivity contribution in [2.45, 2.75) is 24.5 Å². The number of amides is 2. The van der Waals surface area contributed by atoms with Gasteiger partial charge in [-0.15, -0.1) is 10.2 Å². The standard InChI is InChI=1S/C16H27N6O4PS2/c1-10(2)9-22-12(23)11(3)28-16(22)18-17-15-21(8)13(24)14(29-15)26-27(25,19(4)5)20(6)7/h11,14H,1,9H2,2-8H3. The molecule has 2 saturated heterocycles. The molecule has 2 heterocycles. The summed E-state index contributed by atoms with van der Waals surface area (Å²) in [4.78, 5) is 27.7. The van der Waals surface area contributed by atoms with Gasteiger partial charge >= 0.3 is 7.67 Å². The Kier molecular flexibility index (Phi) is 7.74. The van der Waals surface area contributed by atoms with E-state index in [4.69, 9.17) is 4.52 Å². The van der Waals surface area contributed by atoms with Gasteiger partial charge in [0, 0.05) is 13.6 Å². The number of nitrogens with zero attached hydrogens (tertiary/aromatic N) is 6. The lowest BCUT2D eigenvalue weighted by molar-refractivity contribution is -0.129. The average molecular weight is 463 g/mol. The van der Waals surface area contributed by atoms with Gasteiger partial charge in [-0.25, -0.2) is 9.34 Å². The molecule has 2 unspecified atom stereocenters. The fourth-order valence-corrected chi connectivity index (χ4v) is 6.11. The van der Waals surface area contributed by atoms with Crippen LogP contribution >= 0.6 is 31.2 Å². The highest BCUT2D eigenvalue weighted by Crippen LogP contribution is 2.53. The van der Waals surface area contributed by atoms with Crippen molar-refractivity contribution in [1.29, 1.82) is 0 Å². The second kappa shape index (κ2) is 9.32. The molecule has 2 fully saturated rings. The molecule has 2 atom stereocenters. The Morgan fingerprint density at radius 2 is 1.69 bits per heavy atom. The van der Waals surface area contributed by atoms with Crippen LogP contribution in [0.15, 0.2) is 22.4 Å². The van der Waals surface area contributed by atoms with Gasteiger partial charge in [0.2, 0.25) is 5.91 Å². The molecule has 2 rings (SSSR count). The third-order valence-electron chi connectivity index (χ3n) is 4.05. The zero-order chi connectivity index (χ0) is 22.1. The summed E-state index contributed by atoms with van der Waals surface area (Å²) >= 11 is 2.33. The van der Waals surface area contributed by atoms with Crippen molar-refractivity contribution >= 4 is 53.3 Å². The van der Waals surface area contributed by atoms with Crippen LogP contribution in [0.5, 0.6) is 0 Å². The Hall–Kier alpha value is -1.17. The van der Waals surface area contributed by atoms with Gasteiger partial charge in [0.1, 0.15) is 0 Å². The molecular weight excluding hydrogens is 435 g/mol. The van der Waals surface area contributed by atoms with E-state index in [1.807, 2.05) is 6.92 Å². The molecule has 0 aromatic carbocycles. The zero-order valence-electron chi connectivity index (χ0n) is 17.6. The summed E-state index contributed by atoms with van der Waals surface area (Å²) in [6.07, 6.45) is 0. The van der Waals surface area contributed by atoms with Gasteiger partial charge in [-0.05, 0) is 53.8 Å². The van der Waals surface area contributed by atoms with Crippen LogP contribution in [0.3, 0.4) is 0 Å². The molecule has 0 saturated carbocycles. The lowest BCUT2D eigenvalue weighted by Gasteiger charge is -2.30. The van der Waals surface area contributed by atoms with E-state index in [0.29, 0.717) is 16.9 Å². The minimum atomic E-state index is -3.34. The van der Waals surface area contributed by atoms with Crippen LogP contribution in [-0.2, 0) is 18.7 Å². The third kappa shape index (κ3) is 5.12. The molecular formula is C16H27N6O4PS2. The molecule has 10 nitrogen and oxygen atoms in total. The largest absolute Gasteiger partial charge is 0.346 e. The number of hydrogen-bond acceptors (Lipinski definition) is 8. The maximum atomic E-state index is 13.0. The summed E-state index contributed by atoms with van der Waals surface area (Å²) in [5, 5.41) is 8.86. The highest BCUT2D eigenvalue weighted by molar-refractivity contribution is 8.16. The quantitative estimate of drug-likeness (QED) is 0.322. The van der Waals surface area contributed by atoms with E-state index in [1.54, 1.807) is 42.2 Å². The number of likely N-dealkylation sites (N-methyl/N-ethyl adjacent to an activating group) is 1. The highest BCUT2D eigenvalue weighted by atomic mass is 32.2. The Balaban J connectivity index is 2.23. The molecule has 2 amide bonds. The molecule has 2 aliphatic heterocycles. The minimum absolute atomic E-state index is 0.0560. The Bertz CT molecular complexity index is 803. The Labute approximate surface area is 179 Å². The molecule has 0 aromatic heterocycles. The highest BCUT2D eigenvalue weighted by Gasteiger charge is 2.44. The second-order valence-corrected chi connectivity index (χ2v) is 12.2. The predicted octanol–water partition coefficient (Wildman–Crippen LogP) is 1.93. The first-order chi connectivity index (χ1) is 13.4. The molecule has 0 aromatic rings. The molecule has 2 aliphatic rings. The predicted molar refractivity (Wildman–Crippen MR) is 119 cm³/mol. The molecule has 13 heteroatoms. The maximum Gasteiger partial charge on any atom is 0.346 e. The molecule has 162 valence electrons. The fraction of sp³-hybridized carbons (Fsp3) is 0.625. The van der Waals surface area contributed by atoms with Gasteiger partial charge in [-0.2, -0.15) is 0 Å². The van der Waals surface area contributed by atoms with Crippen molar-refractivity contribution in [3.05, 3.63) is 12.2 Å². The summed E-state index contributed by atoms with van der Waals surface area (Å²) < 4.78 is 21.6. The van der Waals surface area contributed by atoms with Crippen molar-refractivity contribution < 1.29 is 18.7 Å². The Morgan fingerprint density at radius 1 is 1.14 bits per heavy atom. The first-order valence-electron chi connectivity index (χ1n) is 8.74. The number of rotatable bonds is 7. The van der Waals surface area contributed by atoms with E-state index >= 15 is 0 Å². The van der Waals surface area contributed by atoms with Gasteiger partial charge < -0.3 is 0 Å². The van der Waals surface area contributed by atoms with E-state index in [1.165, 1.54) is 30.9 Å². The van der Waals surface area contributed by atoms with Crippen molar-refractivity contribution in [3.8, 4) is 0 Å². The maximum absolute atomic E-state index is 13.0. The Morgan fingerprint density at radius 3 is 2.21 bits per heavy atom. The van der Waals surface area contributed by atoms with E-state index in [2.05, 4.69) is 16.8 Å². The summed E-state index contributed by atoms with van der Waals surface area (Å²) in [5.41, 5.74) is -0.176. The van der Waals surface area contributed by atoms with Crippen LogP contribution in [0.4, 0.5) is 0 Å². The van der Waals surface area contributed by atoms with Crippen LogP contribution in [0.1, 0.15) is 13.8 Å². The van der Waals surface area contributed by atoms with E-state index in [0.717, 1.165) is 17.3 Å². The van der Waals surface area contributed by atoms with Crippen LogP contribution in [-0.4, -0.2) is 93.8 Å². The normalized spacial score (nSPS) is 26.1. The fourth-order valence-electron chi connectivity index (χ4n) is 2.47. The number of thioether (sulfide) groups is 2.